The van der Waals surface area contributed by atoms with E-state index in [1.807, 2.05) is 4.68 Å². The van der Waals surface area contributed by atoms with Crippen LogP contribution in [0.25, 0.3) is 0 Å². The summed E-state index contributed by atoms with van der Waals surface area (Å²) in [5.74, 6) is 0.517. The van der Waals surface area contributed by atoms with Gasteiger partial charge in [0.25, 0.3) is 0 Å². The number of aromatic nitrogens is 5. The molecule has 0 amide bonds. The largest absolute Gasteiger partial charge is 0.316 e. The number of hydrogen-bond donors (Lipinski definition) is 1. The number of halogens is 1. The summed E-state index contributed by atoms with van der Waals surface area (Å²) in [5, 5.41) is 16.7. The van der Waals surface area contributed by atoms with Crippen molar-refractivity contribution in [3.05, 3.63) is 28.8 Å². The summed E-state index contributed by atoms with van der Waals surface area (Å²) in [7, 11) is 0. The molecular weight excluding hydrogens is 312 g/mol. The predicted molar refractivity (Wildman–Crippen MR) is 93.2 cm³/mol. The number of hydrogen-bond acceptors (Lipinski definition) is 4. The van der Waals surface area contributed by atoms with E-state index in [4.69, 9.17) is 0 Å². The van der Waals surface area contributed by atoms with Crippen molar-refractivity contribution in [3.8, 4) is 0 Å². The maximum atomic E-state index is 4.64. The van der Waals surface area contributed by atoms with Gasteiger partial charge in [0.2, 0.25) is 0 Å². The lowest BCUT2D eigenvalue weighted by Gasteiger charge is -2.20. The van der Waals surface area contributed by atoms with Gasteiger partial charge in [0.05, 0.1) is 24.5 Å². The van der Waals surface area contributed by atoms with Crippen LogP contribution in [0.1, 0.15) is 48.3 Å². The summed E-state index contributed by atoms with van der Waals surface area (Å²) in [6, 6.07) is 0. The van der Waals surface area contributed by atoms with E-state index in [9.17, 15) is 0 Å². The van der Waals surface area contributed by atoms with Crippen molar-refractivity contribution in [2.75, 3.05) is 13.1 Å². The van der Waals surface area contributed by atoms with Crippen LogP contribution in [0, 0.1) is 13.8 Å². The van der Waals surface area contributed by atoms with Crippen LogP contribution in [0.4, 0.5) is 0 Å². The zero-order valence-corrected chi connectivity index (χ0v) is 15.1. The molecule has 1 aliphatic rings. The highest BCUT2D eigenvalue weighted by atomic mass is 35.5. The van der Waals surface area contributed by atoms with Crippen LogP contribution in [0.2, 0.25) is 0 Å². The molecule has 1 unspecified atom stereocenters. The molecule has 0 saturated carbocycles. The van der Waals surface area contributed by atoms with Gasteiger partial charge in [-0.05, 0) is 45.2 Å². The SMILES string of the molecule is CCc1c(C)nn(CCn2cc(C3CCCNC3)nn2)c1C.Cl. The van der Waals surface area contributed by atoms with Crippen molar-refractivity contribution in [1.29, 1.82) is 0 Å². The third kappa shape index (κ3) is 3.93. The van der Waals surface area contributed by atoms with E-state index in [0.717, 1.165) is 44.0 Å². The van der Waals surface area contributed by atoms with Crippen molar-refractivity contribution in [2.45, 2.75) is 59.0 Å². The van der Waals surface area contributed by atoms with Gasteiger partial charge in [-0.3, -0.25) is 9.36 Å². The summed E-state index contributed by atoms with van der Waals surface area (Å²) >= 11 is 0. The molecule has 2 aromatic rings. The molecule has 1 saturated heterocycles. The van der Waals surface area contributed by atoms with Gasteiger partial charge in [-0.25, -0.2) is 0 Å². The fraction of sp³-hybridized carbons (Fsp3) is 0.688. The van der Waals surface area contributed by atoms with Crippen LogP contribution in [0.15, 0.2) is 6.20 Å². The van der Waals surface area contributed by atoms with Gasteiger partial charge in [-0.2, -0.15) is 5.10 Å². The van der Waals surface area contributed by atoms with E-state index >= 15 is 0 Å². The van der Waals surface area contributed by atoms with E-state index in [2.05, 4.69) is 52.4 Å². The molecule has 1 atom stereocenters. The first kappa shape index (κ1) is 17.9. The number of nitrogens with one attached hydrogen (secondary N) is 1. The van der Waals surface area contributed by atoms with Crippen molar-refractivity contribution in [1.82, 2.24) is 30.1 Å². The second kappa shape index (κ2) is 7.93. The molecule has 1 N–H and O–H groups in total. The van der Waals surface area contributed by atoms with E-state index in [1.165, 1.54) is 24.1 Å². The molecule has 0 aromatic carbocycles. The van der Waals surface area contributed by atoms with Crippen LogP contribution in [0.5, 0.6) is 0 Å². The first-order chi connectivity index (χ1) is 10.7. The second-order valence-electron chi connectivity index (χ2n) is 6.18. The fourth-order valence-electron chi connectivity index (χ4n) is 3.37. The zero-order chi connectivity index (χ0) is 15.5. The lowest BCUT2D eigenvalue weighted by atomic mass is 9.97. The molecule has 6 nitrogen and oxygen atoms in total. The summed E-state index contributed by atoms with van der Waals surface area (Å²) in [5.41, 5.74) is 4.91. The Hall–Kier alpha value is -1.40. The third-order valence-electron chi connectivity index (χ3n) is 4.70. The van der Waals surface area contributed by atoms with Gasteiger partial charge in [0.1, 0.15) is 0 Å². The predicted octanol–water partition coefficient (Wildman–Crippen LogP) is 2.24. The highest BCUT2D eigenvalue weighted by molar-refractivity contribution is 5.85. The highest BCUT2D eigenvalue weighted by Crippen LogP contribution is 2.20. The molecule has 128 valence electrons. The minimum atomic E-state index is 0. The minimum Gasteiger partial charge on any atom is -0.316 e. The lowest BCUT2D eigenvalue weighted by molar-refractivity contribution is 0.454. The Morgan fingerprint density at radius 2 is 2.13 bits per heavy atom. The molecule has 1 aliphatic heterocycles. The quantitative estimate of drug-likeness (QED) is 0.908. The first-order valence-corrected chi connectivity index (χ1v) is 8.32. The van der Waals surface area contributed by atoms with E-state index in [0.29, 0.717) is 5.92 Å². The Morgan fingerprint density at radius 1 is 1.30 bits per heavy atom. The number of nitrogens with zero attached hydrogens (tertiary/aromatic N) is 5. The molecule has 0 bridgehead atoms. The lowest BCUT2D eigenvalue weighted by Crippen LogP contribution is -2.28. The Bertz CT molecular complexity index is 627. The van der Waals surface area contributed by atoms with Gasteiger partial charge >= 0.3 is 0 Å². The maximum Gasteiger partial charge on any atom is 0.0870 e. The first-order valence-electron chi connectivity index (χ1n) is 8.32. The molecular formula is C16H27ClN6. The monoisotopic (exact) mass is 338 g/mol. The average Bonchev–Trinajstić information content (AvgIpc) is 3.11. The van der Waals surface area contributed by atoms with Crippen LogP contribution in [-0.4, -0.2) is 37.9 Å². The molecule has 7 heteroatoms. The Kier molecular flexibility index (Phi) is 6.18. The number of aryl methyl sites for hydroxylation is 3. The van der Waals surface area contributed by atoms with Gasteiger partial charge in [-0.15, -0.1) is 17.5 Å². The molecule has 0 radical (unpaired) electrons. The van der Waals surface area contributed by atoms with E-state index in [-0.39, 0.29) is 12.4 Å². The highest BCUT2D eigenvalue weighted by Gasteiger charge is 2.18. The van der Waals surface area contributed by atoms with E-state index < -0.39 is 0 Å². The zero-order valence-electron chi connectivity index (χ0n) is 14.2. The van der Waals surface area contributed by atoms with Crippen LogP contribution >= 0.6 is 12.4 Å². The van der Waals surface area contributed by atoms with Crippen molar-refractivity contribution in [2.24, 2.45) is 0 Å². The van der Waals surface area contributed by atoms with Crippen molar-refractivity contribution in [3.63, 3.8) is 0 Å². The van der Waals surface area contributed by atoms with Gasteiger partial charge in [0, 0.05) is 24.4 Å². The second-order valence-corrected chi connectivity index (χ2v) is 6.18. The smallest absolute Gasteiger partial charge is 0.0870 e. The summed E-state index contributed by atoms with van der Waals surface area (Å²) in [4.78, 5) is 0. The van der Waals surface area contributed by atoms with E-state index in [1.54, 1.807) is 0 Å². The molecule has 3 rings (SSSR count). The Balaban J connectivity index is 0.00000192. The molecule has 1 fully saturated rings. The summed E-state index contributed by atoms with van der Waals surface area (Å²) in [6.07, 6.45) is 5.58. The third-order valence-corrected chi connectivity index (χ3v) is 4.70. The summed E-state index contributed by atoms with van der Waals surface area (Å²) < 4.78 is 4.05. The number of rotatable bonds is 5. The Labute approximate surface area is 144 Å². The number of piperidine rings is 1. The molecule has 3 heterocycles. The summed E-state index contributed by atoms with van der Waals surface area (Å²) in [6.45, 7) is 10.2. The van der Waals surface area contributed by atoms with Crippen molar-refractivity contribution < 1.29 is 0 Å². The van der Waals surface area contributed by atoms with Crippen LogP contribution in [0.3, 0.4) is 0 Å². The fourth-order valence-corrected chi connectivity index (χ4v) is 3.37. The van der Waals surface area contributed by atoms with Crippen LogP contribution in [-0.2, 0) is 19.5 Å². The van der Waals surface area contributed by atoms with Gasteiger partial charge in [0.15, 0.2) is 0 Å². The maximum absolute atomic E-state index is 4.64. The average molecular weight is 339 g/mol. The van der Waals surface area contributed by atoms with Crippen LogP contribution < -0.4 is 5.32 Å². The molecule has 23 heavy (non-hydrogen) atoms. The Morgan fingerprint density at radius 3 is 2.78 bits per heavy atom. The van der Waals surface area contributed by atoms with Crippen molar-refractivity contribution >= 4 is 12.4 Å². The standard InChI is InChI=1S/C16H26N6.ClH/c1-4-15-12(2)19-22(13(15)3)9-8-21-11-16(18-20-21)14-6-5-7-17-10-14;/h11,14,17H,4-10H2,1-3H3;1H. The molecule has 0 spiro atoms. The van der Waals surface area contributed by atoms with Gasteiger partial charge in [-0.1, -0.05) is 12.1 Å². The normalized spacial score (nSPS) is 18.0. The van der Waals surface area contributed by atoms with Gasteiger partial charge < -0.3 is 5.32 Å². The molecule has 0 aliphatic carbocycles. The molecule has 2 aromatic heterocycles. The minimum absolute atomic E-state index is 0. The topological polar surface area (TPSA) is 60.6 Å².